The van der Waals surface area contributed by atoms with Crippen molar-refractivity contribution in [1.29, 1.82) is 0 Å². The molecule has 2 aromatic rings. The van der Waals surface area contributed by atoms with E-state index in [9.17, 15) is 0 Å². The van der Waals surface area contributed by atoms with Crippen molar-refractivity contribution in [3.8, 4) is 0 Å². The summed E-state index contributed by atoms with van der Waals surface area (Å²) < 4.78 is 0. The molecule has 0 aliphatic heterocycles. The molecule has 2 nitrogen and oxygen atoms in total. The van der Waals surface area contributed by atoms with Crippen molar-refractivity contribution < 1.29 is 0 Å². The van der Waals surface area contributed by atoms with Crippen LogP contribution in [0.2, 0.25) is 5.02 Å². The summed E-state index contributed by atoms with van der Waals surface area (Å²) in [4.78, 5) is 3.29. The molecule has 2 atom stereocenters. The first kappa shape index (κ1) is 12.1. The van der Waals surface area contributed by atoms with Crippen LogP contribution in [0.1, 0.15) is 31.7 Å². The number of benzene rings is 1. The molecule has 1 fully saturated rings. The SMILES string of the molecule is CCCC1CC1NCc1c[nH]c2cc(Cl)ccc12. The molecule has 0 bridgehead atoms. The molecule has 1 saturated carbocycles. The normalized spacial score (nSPS) is 22.6. The first-order valence-corrected chi connectivity index (χ1v) is 7.14. The van der Waals surface area contributed by atoms with Gasteiger partial charge in [0.05, 0.1) is 0 Å². The molecule has 1 aromatic heterocycles. The van der Waals surface area contributed by atoms with Gasteiger partial charge in [-0.05, 0) is 36.5 Å². The van der Waals surface area contributed by atoms with E-state index in [2.05, 4.69) is 29.5 Å². The van der Waals surface area contributed by atoms with E-state index in [0.29, 0.717) is 0 Å². The third-order valence-electron chi connectivity index (χ3n) is 3.87. The van der Waals surface area contributed by atoms with Crippen LogP contribution in [0, 0.1) is 5.92 Å². The molecular weight excluding hydrogens is 244 g/mol. The second-order valence-corrected chi connectivity index (χ2v) is 5.71. The van der Waals surface area contributed by atoms with E-state index in [-0.39, 0.29) is 0 Å². The Hall–Kier alpha value is -0.990. The summed E-state index contributed by atoms with van der Waals surface area (Å²) in [6.07, 6.45) is 6.10. The van der Waals surface area contributed by atoms with Crippen LogP contribution in [0.3, 0.4) is 0 Å². The van der Waals surface area contributed by atoms with Gasteiger partial charge in [-0.25, -0.2) is 0 Å². The van der Waals surface area contributed by atoms with Gasteiger partial charge in [0.15, 0.2) is 0 Å². The highest BCUT2D eigenvalue weighted by molar-refractivity contribution is 6.31. The highest BCUT2D eigenvalue weighted by atomic mass is 35.5. The molecule has 2 unspecified atom stereocenters. The summed E-state index contributed by atoms with van der Waals surface area (Å²) in [5.74, 6) is 0.912. The summed E-state index contributed by atoms with van der Waals surface area (Å²) in [7, 11) is 0. The highest BCUT2D eigenvalue weighted by Gasteiger charge is 2.35. The van der Waals surface area contributed by atoms with Gasteiger partial charge in [-0.1, -0.05) is 31.0 Å². The minimum Gasteiger partial charge on any atom is -0.361 e. The number of aromatic nitrogens is 1. The molecule has 1 aromatic carbocycles. The monoisotopic (exact) mass is 262 g/mol. The Morgan fingerprint density at radius 1 is 1.44 bits per heavy atom. The zero-order valence-electron chi connectivity index (χ0n) is 10.7. The Kier molecular flexibility index (Phi) is 3.31. The van der Waals surface area contributed by atoms with Gasteiger partial charge in [0.25, 0.3) is 0 Å². The Balaban J connectivity index is 1.65. The van der Waals surface area contributed by atoms with Crippen LogP contribution in [0.25, 0.3) is 10.9 Å². The second-order valence-electron chi connectivity index (χ2n) is 5.28. The Bertz CT molecular complexity index is 546. The van der Waals surface area contributed by atoms with Gasteiger partial charge in [-0.2, -0.15) is 0 Å². The zero-order valence-corrected chi connectivity index (χ0v) is 11.4. The lowest BCUT2D eigenvalue weighted by atomic mass is 10.2. The smallest absolute Gasteiger partial charge is 0.0472 e. The molecule has 1 heterocycles. The van der Waals surface area contributed by atoms with Gasteiger partial charge >= 0.3 is 0 Å². The molecule has 96 valence electrons. The van der Waals surface area contributed by atoms with Gasteiger partial charge in [-0.15, -0.1) is 0 Å². The summed E-state index contributed by atoms with van der Waals surface area (Å²) in [6.45, 7) is 3.21. The maximum absolute atomic E-state index is 5.98. The molecule has 0 radical (unpaired) electrons. The lowest BCUT2D eigenvalue weighted by Crippen LogP contribution is -2.17. The van der Waals surface area contributed by atoms with Crippen LogP contribution in [0.4, 0.5) is 0 Å². The van der Waals surface area contributed by atoms with E-state index < -0.39 is 0 Å². The molecular formula is C15H19ClN2. The predicted molar refractivity (Wildman–Crippen MR) is 77.0 cm³/mol. The van der Waals surface area contributed by atoms with E-state index in [4.69, 9.17) is 11.6 Å². The zero-order chi connectivity index (χ0) is 12.5. The maximum atomic E-state index is 5.98. The van der Waals surface area contributed by atoms with Crippen molar-refractivity contribution in [2.75, 3.05) is 0 Å². The van der Waals surface area contributed by atoms with Crippen molar-refractivity contribution in [2.24, 2.45) is 5.92 Å². The lowest BCUT2D eigenvalue weighted by molar-refractivity contribution is 0.600. The Morgan fingerprint density at radius 2 is 2.33 bits per heavy atom. The number of H-pyrrole nitrogens is 1. The van der Waals surface area contributed by atoms with E-state index >= 15 is 0 Å². The van der Waals surface area contributed by atoms with Gasteiger partial charge in [0.2, 0.25) is 0 Å². The summed E-state index contributed by atoms with van der Waals surface area (Å²) >= 11 is 5.98. The van der Waals surface area contributed by atoms with Crippen LogP contribution in [-0.4, -0.2) is 11.0 Å². The Morgan fingerprint density at radius 3 is 3.17 bits per heavy atom. The third kappa shape index (κ3) is 2.40. The maximum Gasteiger partial charge on any atom is 0.0472 e. The predicted octanol–water partition coefficient (Wildman–Crippen LogP) is 4.10. The van der Waals surface area contributed by atoms with Gasteiger partial charge in [0.1, 0.15) is 0 Å². The summed E-state index contributed by atoms with van der Waals surface area (Å²) in [5, 5.41) is 5.71. The molecule has 3 heteroatoms. The molecule has 18 heavy (non-hydrogen) atoms. The van der Waals surface area contributed by atoms with Gasteiger partial charge < -0.3 is 10.3 Å². The minimum atomic E-state index is 0.738. The second kappa shape index (κ2) is 4.94. The van der Waals surface area contributed by atoms with Crippen molar-refractivity contribution in [2.45, 2.75) is 38.8 Å². The minimum absolute atomic E-state index is 0.738. The van der Waals surface area contributed by atoms with Crippen molar-refractivity contribution in [1.82, 2.24) is 10.3 Å². The van der Waals surface area contributed by atoms with Crippen molar-refractivity contribution >= 4 is 22.5 Å². The van der Waals surface area contributed by atoms with E-state index in [1.165, 1.54) is 30.2 Å². The number of rotatable bonds is 5. The molecule has 0 saturated heterocycles. The van der Waals surface area contributed by atoms with Crippen LogP contribution in [0.15, 0.2) is 24.4 Å². The lowest BCUT2D eigenvalue weighted by Gasteiger charge is -2.03. The first-order valence-electron chi connectivity index (χ1n) is 6.77. The Labute approximate surface area is 113 Å². The molecule has 0 spiro atoms. The molecule has 3 rings (SSSR count). The highest BCUT2D eigenvalue weighted by Crippen LogP contribution is 2.35. The summed E-state index contributed by atoms with van der Waals surface area (Å²) in [6, 6.07) is 6.78. The summed E-state index contributed by atoms with van der Waals surface area (Å²) in [5.41, 5.74) is 2.46. The van der Waals surface area contributed by atoms with E-state index in [1.54, 1.807) is 0 Å². The number of hydrogen-bond acceptors (Lipinski definition) is 1. The largest absolute Gasteiger partial charge is 0.361 e. The quantitative estimate of drug-likeness (QED) is 0.834. The van der Waals surface area contributed by atoms with Crippen molar-refractivity contribution in [3.63, 3.8) is 0 Å². The number of nitrogens with one attached hydrogen (secondary N) is 2. The van der Waals surface area contributed by atoms with Crippen LogP contribution in [-0.2, 0) is 6.54 Å². The van der Waals surface area contributed by atoms with Gasteiger partial charge in [-0.3, -0.25) is 0 Å². The average molecular weight is 263 g/mol. The number of fused-ring (bicyclic) bond motifs is 1. The molecule has 1 aliphatic carbocycles. The number of aromatic amines is 1. The van der Waals surface area contributed by atoms with Gasteiger partial charge in [0, 0.05) is 34.7 Å². The average Bonchev–Trinajstić information content (AvgIpc) is 2.98. The fraction of sp³-hybridized carbons (Fsp3) is 0.467. The van der Waals surface area contributed by atoms with Crippen LogP contribution in [0.5, 0.6) is 0 Å². The van der Waals surface area contributed by atoms with Crippen molar-refractivity contribution in [3.05, 3.63) is 35.0 Å². The molecule has 0 amide bonds. The first-order chi connectivity index (χ1) is 8.78. The number of halogens is 1. The fourth-order valence-electron chi connectivity index (χ4n) is 2.73. The molecule has 2 N–H and O–H groups in total. The standard InChI is InChI=1S/C15H19ClN2/c1-2-3-10-6-14(10)17-8-11-9-18-15-7-12(16)4-5-13(11)15/h4-5,7,9-10,14,17-18H,2-3,6,8H2,1H3. The van der Waals surface area contributed by atoms with Crippen LogP contribution < -0.4 is 5.32 Å². The number of hydrogen-bond donors (Lipinski definition) is 2. The van der Waals surface area contributed by atoms with E-state index in [1.807, 2.05) is 12.1 Å². The van der Waals surface area contributed by atoms with E-state index in [0.717, 1.165) is 29.0 Å². The third-order valence-corrected chi connectivity index (χ3v) is 4.10. The fourth-order valence-corrected chi connectivity index (χ4v) is 2.91. The molecule has 1 aliphatic rings. The van der Waals surface area contributed by atoms with Crippen LogP contribution >= 0.6 is 11.6 Å². The topological polar surface area (TPSA) is 27.8 Å².